The van der Waals surface area contributed by atoms with Gasteiger partial charge in [0, 0.05) is 11.4 Å². The van der Waals surface area contributed by atoms with E-state index in [1.165, 1.54) is 18.4 Å². The number of halogens is 1. The molecular weight excluding hydrogens is 234 g/mol. The van der Waals surface area contributed by atoms with Crippen molar-refractivity contribution >= 4 is 28.9 Å². The van der Waals surface area contributed by atoms with Gasteiger partial charge in [0.05, 0.1) is 11.4 Å². The molecule has 0 saturated heterocycles. The van der Waals surface area contributed by atoms with Crippen LogP contribution in [0.25, 0.3) is 0 Å². The summed E-state index contributed by atoms with van der Waals surface area (Å²) in [5.41, 5.74) is 0. The van der Waals surface area contributed by atoms with Crippen LogP contribution in [0.3, 0.4) is 0 Å². The molecule has 1 aromatic heterocycles. The number of hydrogen-bond donors (Lipinski definition) is 0. The Kier molecular flexibility index (Phi) is 4.57. The Balaban J connectivity index is 2.85. The molecule has 0 fully saturated rings. The van der Waals surface area contributed by atoms with Crippen LogP contribution in [0.2, 0.25) is 4.34 Å². The van der Waals surface area contributed by atoms with Gasteiger partial charge in [0.2, 0.25) is 0 Å². The molecule has 1 heterocycles. The smallest absolute Gasteiger partial charge is 0.315 e. The highest BCUT2D eigenvalue weighted by atomic mass is 35.5. The summed E-state index contributed by atoms with van der Waals surface area (Å²) in [6.07, 6.45) is 0. The monoisotopic (exact) mass is 247 g/mol. The van der Waals surface area contributed by atoms with Crippen molar-refractivity contribution in [3.63, 3.8) is 0 Å². The molecule has 0 saturated carbocycles. The van der Waals surface area contributed by atoms with Gasteiger partial charge in [-0.25, -0.2) is 0 Å². The second-order valence-corrected chi connectivity index (χ2v) is 5.23. The zero-order chi connectivity index (χ0) is 11.4. The molecule has 0 N–H and O–H groups in total. The lowest BCUT2D eigenvalue weighted by atomic mass is 10.1. The van der Waals surface area contributed by atoms with E-state index in [1.807, 2.05) is 25.1 Å². The molecule has 0 aliphatic carbocycles. The summed E-state index contributed by atoms with van der Waals surface area (Å²) in [6, 6.07) is 3.67. The number of methoxy groups -OCH3 is 1. The zero-order valence-corrected chi connectivity index (χ0v) is 10.6. The third-order valence-corrected chi connectivity index (χ3v) is 3.32. The minimum absolute atomic E-state index is 0.220. The van der Waals surface area contributed by atoms with Crippen LogP contribution < -0.4 is 0 Å². The average Bonchev–Trinajstić information content (AvgIpc) is 2.59. The maximum atomic E-state index is 11.6. The predicted molar refractivity (Wildman–Crippen MR) is 62.6 cm³/mol. The van der Waals surface area contributed by atoms with E-state index in [2.05, 4.69) is 0 Å². The lowest BCUT2D eigenvalue weighted by molar-refractivity contribution is -0.142. The first-order chi connectivity index (χ1) is 7.04. The maximum Gasteiger partial charge on any atom is 0.315 e. The minimum atomic E-state index is -0.248. The second-order valence-electron chi connectivity index (χ2n) is 3.48. The molecule has 1 aromatic rings. The van der Waals surface area contributed by atoms with Crippen molar-refractivity contribution in [3.05, 3.63) is 21.3 Å². The Morgan fingerprint density at radius 2 is 2.27 bits per heavy atom. The molecule has 1 rings (SSSR count). The van der Waals surface area contributed by atoms with E-state index in [9.17, 15) is 4.79 Å². The highest BCUT2D eigenvalue weighted by Crippen LogP contribution is 2.29. The number of nitrogens with zero attached hydrogens (tertiary/aromatic N) is 1. The molecular formula is C10H14ClNO2S. The molecule has 0 spiro atoms. The van der Waals surface area contributed by atoms with Gasteiger partial charge in [-0.05, 0) is 26.2 Å². The predicted octanol–water partition coefficient (Wildman–Crippen LogP) is 2.22. The Bertz CT molecular complexity index is 338. The summed E-state index contributed by atoms with van der Waals surface area (Å²) in [5, 5.41) is 0. The fourth-order valence-corrected chi connectivity index (χ4v) is 2.44. The van der Waals surface area contributed by atoms with Crippen LogP contribution >= 0.6 is 22.9 Å². The Morgan fingerprint density at radius 3 is 2.67 bits per heavy atom. The molecule has 15 heavy (non-hydrogen) atoms. The summed E-state index contributed by atoms with van der Waals surface area (Å²) in [4.78, 5) is 14.5. The van der Waals surface area contributed by atoms with Gasteiger partial charge >= 0.3 is 5.97 Å². The number of esters is 1. The van der Waals surface area contributed by atoms with Gasteiger partial charge in [0.25, 0.3) is 0 Å². The number of hydrogen-bond acceptors (Lipinski definition) is 4. The Morgan fingerprint density at radius 1 is 1.60 bits per heavy atom. The van der Waals surface area contributed by atoms with Crippen molar-refractivity contribution in [1.82, 2.24) is 4.90 Å². The number of carbonyl (C=O) groups excluding carboxylic acids is 1. The lowest BCUT2D eigenvalue weighted by Gasteiger charge is -2.17. The molecule has 0 aromatic carbocycles. The van der Waals surface area contributed by atoms with Crippen LogP contribution in [0.4, 0.5) is 0 Å². The number of carbonyl (C=O) groups is 1. The Hall–Kier alpha value is -0.580. The van der Waals surface area contributed by atoms with Crippen LogP contribution in [0.5, 0.6) is 0 Å². The van der Waals surface area contributed by atoms with E-state index in [1.54, 1.807) is 6.07 Å². The van der Waals surface area contributed by atoms with Gasteiger partial charge in [-0.2, -0.15) is 0 Å². The van der Waals surface area contributed by atoms with Crippen LogP contribution in [-0.2, 0) is 9.53 Å². The van der Waals surface area contributed by atoms with Crippen LogP contribution in [0, 0.1) is 0 Å². The van der Waals surface area contributed by atoms with E-state index in [4.69, 9.17) is 16.3 Å². The van der Waals surface area contributed by atoms with Crippen LogP contribution in [0.1, 0.15) is 10.8 Å². The van der Waals surface area contributed by atoms with E-state index in [-0.39, 0.29) is 11.9 Å². The molecule has 0 amide bonds. The summed E-state index contributed by atoms with van der Waals surface area (Å²) >= 11 is 7.26. The fraction of sp³-hybridized carbons (Fsp3) is 0.500. The van der Waals surface area contributed by atoms with Crippen molar-refractivity contribution in [2.24, 2.45) is 0 Å². The minimum Gasteiger partial charge on any atom is -0.468 e. The highest BCUT2D eigenvalue weighted by Gasteiger charge is 2.23. The molecule has 3 nitrogen and oxygen atoms in total. The molecule has 1 unspecified atom stereocenters. The SMILES string of the molecule is COC(=O)C(CN(C)C)c1ccc(Cl)s1. The number of ether oxygens (including phenoxy) is 1. The first-order valence-corrected chi connectivity index (χ1v) is 5.72. The maximum absolute atomic E-state index is 11.6. The van der Waals surface area contributed by atoms with Gasteiger partial charge < -0.3 is 9.64 Å². The average molecular weight is 248 g/mol. The van der Waals surface area contributed by atoms with Crippen molar-refractivity contribution in [3.8, 4) is 0 Å². The topological polar surface area (TPSA) is 29.5 Å². The summed E-state index contributed by atoms with van der Waals surface area (Å²) in [7, 11) is 5.25. The first kappa shape index (κ1) is 12.5. The molecule has 0 radical (unpaired) electrons. The number of thiophene rings is 1. The van der Waals surface area contributed by atoms with E-state index in [0.717, 1.165) is 4.88 Å². The number of rotatable bonds is 4. The van der Waals surface area contributed by atoms with Crippen molar-refractivity contribution in [1.29, 1.82) is 0 Å². The van der Waals surface area contributed by atoms with Crippen molar-refractivity contribution < 1.29 is 9.53 Å². The summed E-state index contributed by atoms with van der Waals surface area (Å²) in [5.74, 6) is -0.468. The van der Waals surface area contributed by atoms with Crippen molar-refractivity contribution in [2.75, 3.05) is 27.7 Å². The van der Waals surface area contributed by atoms with Gasteiger partial charge in [-0.15, -0.1) is 11.3 Å². The quantitative estimate of drug-likeness (QED) is 0.765. The first-order valence-electron chi connectivity index (χ1n) is 4.52. The Labute approximate surface area is 98.6 Å². The van der Waals surface area contributed by atoms with Crippen molar-refractivity contribution in [2.45, 2.75) is 5.92 Å². The molecule has 0 bridgehead atoms. The van der Waals surface area contributed by atoms with Crippen LogP contribution in [-0.4, -0.2) is 38.6 Å². The fourth-order valence-electron chi connectivity index (χ4n) is 1.30. The largest absolute Gasteiger partial charge is 0.468 e. The van der Waals surface area contributed by atoms with Gasteiger partial charge in [0.1, 0.15) is 5.92 Å². The second kappa shape index (κ2) is 5.49. The van der Waals surface area contributed by atoms with E-state index >= 15 is 0 Å². The molecule has 0 aliphatic rings. The van der Waals surface area contributed by atoms with Crippen LogP contribution in [0.15, 0.2) is 12.1 Å². The standard InChI is InChI=1S/C10H14ClNO2S/c1-12(2)6-7(10(13)14-3)8-4-5-9(11)15-8/h4-5,7H,6H2,1-3H3. The third-order valence-electron chi connectivity index (χ3n) is 1.97. The highest BCUT2D eigenvalue weighted by molar-refractivity contribution is 7.16. The number of likely N-dealkylation sites (N-methyl/N-ethyl adjacent to an activating group) is 1. The lowest BCUT2D eigenvalue weighted by Crippen LogP contribution is -2.26. The summed E-state index contributed by atoms with van der Waals surface area (Å²) in [6.45, 7) is 0.628. The van der Waals surface area contributed by atoms with E-state index in [0.29, 0.717) is 10.9 Å². The normalized spacial score (nSPS) is 12.9. The molecule has 5 heteroatoms. The van der Waals surface area contributed by atoms with Gasteiger partial charge in [0.15, 0.2) is 0 Å². The third kappa shape index (κ3) is 3.48. The van der Waals surface area contributed by atoms with E-state index < -0.39 is 0 Å². The molecule has 84 valence electrons. The molecule has 1 atom stereocenters. The van der Waals surface area contributed by atoms with Gasteiger partial charge in [-0.1, -0.05) is 11.6 Å². The van der Waals surface area contributed by atoms with Gasteiger partial charge in [-0.3, -0.25) is 4.79 Å². The zero-order valence-electron chi connectivity index (χ0n) is 8.99. The summed E-state index contributed by atoms with van der Waals surface area (Å²) < 4.78 is 5.47. The molecule has 0 aliphatic heterocycles.